The second-order valence-corrected chi connectivity index (χ2v) is 5.14. The monoisotopic (exact) mass is 338 g/mol. The molecule has 0 bridgehead atoms. The van der Waals surface area contributed by atoms with Crippen molar-refractivity contribution in [2.75, 3.05) is 17.7 Å². The molecule has 0 fully saturated rings. The van der Waals surface area contributed by atoms with Gasteiger partial charge in [0.1, 0.15) is 11.6 Å². The topological polar surface area (TPSA) is 47.3 Å². The highest BCUT2D eigenvalue weighted by molar-refractivity contribution is 9.10. The maximum Gasteiger partial charge on any atom is 0.147 e. The Hall–Kier alpha value is -1.75. The third kappa shape index (κ3) is 3.22. The molecular formula is C15H16BrFN2O. The maximum absolute atomic E-state index is 13.8. The van der Waals surface area contributed by atoms with E-state index in [1.54, 1.807) is 24.3 Å². The quantitative estimate of drug-likeness (QED) is 0.776. The minimum absolute atomic E-state index is 0.348. The minimum Gasteiger partial charge on any atom is -0.491 e. The molecule has 20 heavy (non-hydrogen) atoms. The van der Waals surface area contributed by atoms with Crippen molar-refractivity contribution < 1.29 is 9.13 Å². The number of benzene rings is 2. The Morgan fingerprint density at radius 2 is 2.00 bits per heavy atom. The number of rotatable bonds is 5. The minimum atomic E-state index is -0.348. The fourth-order valence-corrected chi connectivity index (χ4v) is 2.18. The van der Waals surface area contributed by atoms with Crippen LogP contribution in [0.2, 0.25) is 0 Å². The van der Waals surface area contributed by atoms with E-state index in [4.69, 9.17) is 10.5 Å². The summed E-state index contributed by atoms with van der Waals surface area (Å²) in [6, 6.07) is 10.2. The van der Waals surface area contributed by atoms with E-state index < -0.39 is 0 Å². The van der Waals surface area contributed by atoms with E-state index in [0.717, 1.165) is 6.42 Å². The summed E-state index contributed by atoms with van der Waals surface area (Å²) in [5, 5.41) is 3.00. The fraction of sp³-hybridized carbons (Fsp3) is 0.200. The molecule has 2 aromatic rings. The van der Waals surface area contributed by atoms with Crippen LogP contribution >= 0.6 is 15.9 Å². The molecule has 0 amide bonds. The van der Waals surface area contributed by atoms with Gasteiger partial charge in [0.2, 0.25) is 0 Å². The van der Waals surface area contributed by atoms with Crippen molar-refractivity contribution in [3.63, 3.8) is 0 Å². The van der Waals surface area contributed by atoms with Gasteiger partial charge in [-0.2, -0.15) is 0 Å². The van der Waals surface area contributed by atoms with E-state index >= 15 is 0 Å². The zero-order valence-corrected chi connectivity index (χ0v) is 12.7. The lowest BCUT2D eigenvalue weighted by atomic mass is 10.2. The molecule has 0 atom stereocenters. The number of nitrogens with two attached hydrogens (primary N) is 1. The molecule has 0 aliphatic rings. The van der Waals surface area contributed by atoms with Crippen LogP contribution in [0.1, 0.15) is 13.3 Å². The van der Waals surface area contributed by atoms with E-state index in [-0.39, 0.29) is 5.82 Å². The Morgan fingerprint density at radius 1 is 1.25 bits per heavy atom. The first-order valence-electron chi connectivity index (χ1n) is 6.35. The van der Waals surface area contributed by atoms with Gasteiger partial charge in [0.25, 0.3) is 0 Å². The molecule has 0 unspecified atom stereocenters. The van der Waals surface area contributed by atoms with Crippen molar-refractivity contribution in [3.05, 3.63) is 46.7 Å². The first-order chi connectivity index (χ1) is 9.63. The summed E-state index contributed by atoms with van der Waals surface area (Å²) in [5.41, 5.74) is 7.48. The normalized spacial score (nSPS) is 10.3. The first-order valence-corrected chi connectivity index (χ1v) is 7.15. The van der Waals surface area contributed by atoms with Gasteiger partial charge in [-0.3, -0.25) is 0 Å². The van der Waals surface area contributed by atoms with Gasteiger partial charge < -0.3 is 15.8 Å². The van der Waals surface area contributed by atoms with Crippen molar-refractivity contribution in [2.24, 2.45) is 0 Å². The molecule has 0 saturated carbocycles. The molecule has 2 aromatic carbocycles. The van der Waals surface area contributed by atoms with Crippen molar-refractivity contribution in [1.29, 1.82) is 0 Å². The van der Waals surface area contributed by atoms with Crippen LogP contribution in [0.4, 0.5) is 21.5 Å². The molecule has 5 heteroatoms. The zero-order valence-electron chi connectivity index (χ0n) is 11.1. The number of halogens is 2. The maximum atomic E-state index is 13.8. The third-order valence-electron chi connectivity index (χ3n) is 2.75. The van der Waals surface area contributed by atoms with Crippen molar-refractivity contribution in [3.8, 4) is 5.75 Å². The second-order valence-electron chi connectivity index (χ2n) is 4.29. The Balaban J connectivity index is 2.30. The van der Waals surface area contributed by atoms with Crippen LogP contribution < -0.4 is 15.8 Å². The average molecular weight is 339 g/mol. The predicted octanol–water partition coefficient (Wildman–Crippen LogP) is 4.70. The highest BCUT2D eigenvalue weighted by Gasteiger charge is 2.10. The fourth-order valence-electron chi connectivity index (χ4n) is 1.74. The summed E-state index contributed by atoms with van der Waals surface area (Å²) in [6.45, 7) is 2.62. The van der Waals surface area contributed by atoms with Gasteiger partial charge in [-0.15, -0.1) is 0 Å². The van der Waals surface area contributed by atoms with Crippen LogP contribution in [-0.4, -0.2) is 6.61 Å². The highest BCUT2D eigenvalue weighted by Crippen LogP contribution is 2.35. The lowest BCUT2D eigenvalue weighted by molar-refractivity contribution is 0.319. The van der Waals surface area contributed by atoms with Gasteiger partial charge in [-0.05, 0) is 46.6 Å². The van der Waals surface area contributed by atoms with Gasteiger partial charge in [0.15, 0.2) is 0 Å². The summed E-state index contributed by atoms with van der Waals surface area (Å²) in [6.07, 6.45) is 0.899. The summed E-state index contributed by atoms with van der Waals surface area (Å²) in [5.74, 6) is 0.253. The molecule has 0 aromatic heterocycles. The largest absolute Gasteiger partial charge is 0.491 e. The Morgan fingerprint density at radius 3 is 2.70 bits per heavy atom. The van der Waals surface area contributed by atoms with E-state index in [1.165, 1.54) is 6.07 Å². The van der Waals surface area contributed by atoms with Crippen LogP contribution in [0.5, 0.6) is 5.75 Å². The third-order valence-corrected chi connectivity index (χ3v) is 3.41. The molecule has 3 N–H and O–H groups in total. The van der Waals surface area contributed by atoms with E-state index in [2.05, 4.69) is 21.2 Å². The number of nitrogen functional groups attached to an aromatic ring is 1. The second kappa shape index (κ2) is 6.61. The SMILES string of the molecule is CCCOc1cccc(Nc2c(F)cccc2Br)c1N. The first kappa shape index (κ1) is 14.7. The number of nitrogens with one attached hydrogen (secondary N) is 1. The lowest BCUT2D eigenvalue weighted by Gasteiger charge is -2.15. The Bertz CT molecular complexity index is 584. The summed E-state index contributed by atoms with van der Waals surface area (Å²) >= 11 is 3.32. The van der Waals surface area contributed by atoms with E-state index in [0.29, 0.717) is 33.9 Å². The van der Waals surface area contributed by atoms with E-state index in [1.807, 2.05) is 13.0 Å². The molecule has 3 nitrogen and oxygen atoms in total. The van der Waals surface area contributed by atoms with Crippen LogP contribution in [-0.2, 0) is 0 Å². The van der Waals surface area contributed by atoms with Gasteiger partial charge in [0, 0.05) is 4.47 Å². The average Bonchev–Trinajstić information content (AvgIpc) is 2.43. The summed E-state index contributed by atoms with van der Waals surface area (Å²) in [4.78, 5) is 0. The van der Waals surface area contributed by atoms with E-state index in [9.17, 15) is 4.39 Å². The standard InChI is InChI=1S/C15H16BrFN2O/c1-2-9-20-13-8-4-7-12(14(13)18)19-15-10(16)5-3-6-11(15)17/h3-8,19H,2,9,18H2,1H3. The van der Waals surface area contributed by atoms with Crippen LogP contribution in [0.3, 0.4) is 0 Å². The predicted molar refractivity (Wildman–Crippen MR) is 84.0 cm³/mol. The molecule has 106 valence electrons. The summed E-state index contributed by atoms with van der Waals surface area (Å²) < 4.78 is 20.0. The molecule has 0 radical (unpaired) electrons. The molecule has 2 rings (SSSR count). The molecule has 0 spiro atoms. The van der Waals surface area contributed by atoms with Gasteiger partial charge >= 0.3 is 0 Å². The number of ether oxygens (including phenoxy) is 1. The molecule has 0 aliphatic heterocycles. The number of hydrogen-bond donors (Lipinski definition) is 2. The van der Waals surface area contributed by atoms with Crippen molar-refractivity contribution >= 4 is 33.0 Å². The Labute approximate surface area is 126 Å². The molecule has 0 heterocycles. The molecule has 0 saturated heterocycles. The van der Waals surface area contributed by atoms with Gasteiger partial charge in [-0.1, -0.05) is 19.1 Å². The van der Waals surface area contributed by atoms with Gasteiger partial charge in [0.05, 0.1) is 23.7 Å². The Kier molecular flexibility index (Phi) is 4.84. The molecule has 0 aliphatic carbocycles. The lowest BCUT2D eigenvalue weighted by Crippen LogP contribution is -2.03. The van der Waals surface area contributed by atoms with Crippen LogP contribution in [0, 0.1) is 5.82 Å². The van der Waals surface area contributed by atoms with Crippen LogP contribution in [0.25, 0.3) is 0 Å². The van der Waals surface area contributed by atoms with Crippen molar-refractivity contribution in [2.45, 2.75) is 13.3 Å². The number of hydrogen-bond acceptors (Lipinski definition) is 3. The van der Waals surface area contributed by atoms with Gasteiger partial charge in [-0.25, -0.2) is 4.39 Å². The number of para-hydroxylation sites is 2. The number of anilines is 3. The van der Waals surface area contributed by atoms with Crippen molar-refractivity contribution in [1.82, 2.24) is 0 Å². The summed E-state index contributed by atoms with van der Waals surface area (Å²) in [7, 11) is 0. The smallest absolute Gasteiger partial charge is 0.147 e. The zero-order chi connectivity index (χ0) is 14.5. The molecular weight excluding hydrogens is 323 g/mol. The van der Waals surface area contributed by atoms with Crippen LogP contribution in [0.15, 0.2) is 40.9 Å². The highest BCUT2D eigenvalue weighted by atomic mass is 79.9.